The van der Waals surface area contributed by atoms with Crippen LogP contribution in [0.1, 0.15) is 0 Å². The molecule has 0 radical (unpaired) electrons. The van der Waals surface area contributed by atoms with Crippen molar-refractivity contribution in [2.45, 2.75) is 67.3 Å². The standard InChI is InChI=1S/C32H40S4Si3/c1-37(2,31(33-27-19-11-7-12-20-27)34-28-21-13-8-14-22-28)39(5,6)38(3,4)32(35-29-23-15-9-16-24-29)36-30-25-17-10-18-26-30/h7-26,31-32H,1-6H3. The Hall–Kier alpha value is -1.07. The van der Waals surface area contributed by atoms with E-state index in [4.69, 9.17) is 0 Å². The molecule has 4 aromatic rings. The van der Waals surface area contributed by atoms with Gasteiger partial charge in [-0.3, -0.25) is 0 Å². The summed E-state index contributed by atoms with van der Waals surface area (Å²) in [7, 11) is -5.22. The van der Waals surface area contributed by atoms with Crippen molar-refractivity contribution in [3.63, 3.8) is 0 Å². The molecule has 0 fully saturated rings. The van der Waals surface area contributed by atoms with Gasteiger partial charge in [0, 0.05) is 35.1 Å². The van der Waals surface area contributed by atoms with Crippen molar-refractivity contribution in [2.24, 2.45) is 0 Å². The summed E-state index contributed by atoms with van der Waals surface area (Å²) in [5, 5.41) is 0. The van der Waals surface area contributed by atoms with E-state index in [-0.39, 0.29) is 0 Å². The summed E-state index contributed by atoms with van der Waals surface area (Å²) in [6.07, 6.45) is 0. The number of hydrogen-bond acceptors (Lipinski definition) is 4. The Bertz CT molecular complexity index is 1100. The summed E-state index contributed by atoms with van der Waals surface area (Å²) < 4.78 is 1.11. The van der Waals surface area contributed by atoms with Gasteiger partial charge in [-0.1, -0.05) is 112 Å². The second-order valence-corrected chi connectivity index (χ2v) is 46.5. The first kappa shape index (κ1) is 30.9. The van der Waals surface area contributed by atoms with Crippen LogP contribution in [0.3, 0.4) is 0 Å². The molecule has 39 heavy (non-hydrogen) atoms. The van der Waals surface area contributed by atoms with E-state index in [1.807, 2.05) is 0 Å². The number of benzene rings is 4. The molecule has 0 heterocycles. The first-order valence-corrected chi connectivity index (χ1v) is 28.2. The van der Waals surface area contributed by atoms with Gasteiger partial charge >= 0.3 is 0 Å². The third kappa shape index (κ3) is 7.61. The Balaban J connectivity index is 1.71. The Kier molecular flexibility index (Phi) is 10.9. The maximum atomic E-state index is 2.76. The van der Waals surface area contributed by atoms with Gasteiger partial charge in [0.05, 0.1) is 15.2 Å². The van der Waals surface area contributed by atoms with Crippen LogP contribution < -0.4 is 0 Å². The summed E-state index contributed by atoms with van der Waals surface area (Å²) in [6.45, 7) is 16.4. The van der Waals surface area contributed by atoms with Crippen LogP contribution in [0.4, 0.5) is 0 Å². The molecule has 0 saturated carbocycles. The van der Waals surface area contributed by atoms with Gasteiger partial charge in [-0.25, -0.2) is 0 Å². The van der Waals surface area contributed by atoms with Crippen LogP contribution in [-0.2, 0) is 0 Å². The molecule has 204 valence electrons. The van der Waals surface area contributed by atoms with Crippen LogP contribution in [0.15, 0.2) is 141 Å². The van der Waals surface area contributed by atoms with E-state index in [2.05, 4.69) is 208 Å². The molecule has 7 heteroatoms. The second-order valence-electron chi connectivity index (χ2n) is 11.5. The number of hydrogen-bond donors (Lipinski definition) is 0. The van der Waals surface area contributed by atoms with Gasteiger partial charge < -0.3 is 0 Å². The average molecular weight is 637 g/mol. The van der Waals surface area contributed by atoms with Gasteiger partial charge in [0.25, 0.3) is 0 Å². The molecule has 0 nitrogen and oxygen atoms in total. The summed E-state index contributed by atoms with van der Waals surface area (Å²) in [5.74, 6) is 0. The van der Waals surface area contributed by atoms with Crippen LogP contribution in [0, 0.1) is 0 Å². The normalized spacial score (nSPS) is 12.7. The lowest BCUT2D eigenvalue weighted by atomic mass is 10.4. The van der Waals surface area contributed by atoms with Crippen molar-refractivity contribution in [3.05, 3.63) is 121 Å². The molecule has 0 aliphatic heterocycles. The van der Waals surface area contributed by atoms with Crippen LogP contribution in [0.5, 0.6) is 0 Å². The zero-order valence-corrected chi connectivity index (χ0v) is 30.1. The predicted molar refractivity (Wildman–Crippen MR) is 189 cm³/mol. The second kappa shape index (κ2) is 13.7. The van der Waals surface area contributed by atoms with Crippen molar-refractivity contribution in [1.82, 2.24) is 0 Å². The molecular weight excluding hydrogens is 597 g/mol. The fourth-order valence-corrected chi connectivity index (χ4v) is 60.3. The van der Waals surface area contributed by atoms with Gasteiger partial charge in [-0.05, 0) is 48.5 Å². The Morgan fingerprint density at radius 1 is 0.359 bits per heavy atom. The van der Waals surface area contributed by atoms with Crippen molar-refractivity contribution in [3.8, 4) is 0 Å². The van der Waals surface area contributed by atoms with Crippen molar-refractivity contribution in [2.75, 3.05) is 0 Å². The van der Waals surface area contributed by atoms with E-state index in [1.165, 1.54) is 19.6 Å². The monoisotopic (exact) mass is 636 g/mol. The molecule has 0 aromatic heterocycles. The minimum atomic E-state index is -1.76. The first-order valence-electron chi connectivity index (χ1n) is 13.5. The van der Waals surface area contributed by atoms with Gasteiger partial charge in [-0.2, -0.15) is 0 Å². The highest BCUT2D eigenvalue weighted by Gasteiger charge is 2.58. The quantitative estimate of drug-likeness (QED) is 0.0861. The largest absolute Gasteiger partial charge is 0.115 e. The van der Waals surface area contributed by atoms with Crippen LogP contribution in [0.25, 0.3) is 0 Å². The lowest BCUT2D eigenvalue weighted by molar-refractivity contribution is 1.43. The minimum Gasteiger partial charge on any atom is -0.115 e. The molecule has 0 spiro atoms. The molecule has 0 atom stereocenters. The lowest BCUT2D eigenvalue weighted by Crippen LogP contribution is -2.76. The summed E-state index contributed by atoms with van der Waals surface area (Å²) in [4.78, 5) is 5.57. The number of rotatable bonds is 12. The summed E-state index contributed by atoms with van der Waals surface area (Å²) >= 11 is 8.48. The highest BCUT2D eigenvalue weighted by Crippen LogP contribution is 2.50. The third-order valence-corrected chi connectivity index (χ3v) is 65.0. The van der Waals surface area contributed by atoms with E-state index in [9.17, 15) is 0 Å². The Labute approximate surface area is 256 Å². The minimum absolute atomic E-state index is 0.555. The maximum Gasteiger partial charge on any atom is 0.0667 e. The fourth-order valence-electron chi connectivity index (χ4n) is 4.55. The summed E-state index contributed by atoms with van der Waals surface area (Å²) in [6, 6.07) is 44.4. The van der Waals surface area contributed by atoms with E-state index >= 15 is 0 Å². The number of thioether (sulfide) groups is 4. The molecule has 4 rings (SSSR count). The molecule has 0 aliphatic rings. The molecule has 0 aliphatic carbocycles. The fraction of sp³-hybridized carbons (Fsp3) is 0.250. The van der Waals surface area contributed by atoms with Gasteiger partial charge in [0.15, 0.2) is 0 Å². The highest BCUT2D eigenvalue weighted by molar-refractivity contribution is 8.22. The van der Waals surface area contributed by atoms with E-state index < -0.39 is 22.3 Å². The van der Waals surface area contributed by atoms with Crippen molar-refractivity contribution >= 4 is 69.3 Å². The average Bonchev–Trinajstić information content (AvgIpc) is 2.94. The molecule has 0 amide bonds. The summed E-state index contributed by atoms with van der Waals surface area (Å²) in [5.41, 5.74) is 0. The van der Waals surface area contributed by atoms with Crippen LogP contribution in [0.2, 0.25) is 39.3 Å². The zero-order valence-electron chi connectivity index (χ0n) is 23.8. The van der Waals surface area contributed by atoms with E-state index in [1.54, 1.807) is 0 Å². The third-order valence-electron chi connectivity index (χ3n) is 8.35. The molecule has 0 unspecified atom stereocenters. The maximum absolute atomic E-state index is 2.76. The smallest absolute Gasteiger partial charge is 0.0667 e. The zero-order chi connectivity index (χ0) is 27.9. The SMILES string of the molecule is C[Si](C)(C(Sc1ccccc1)Sc1ccccc1)[Si](C)(C)[Si](C)(C)C(Sc1ccccc1)Sc1ccccc1. The molecule has 4 aromatic carbocycles. The van der Waals surface area contributed by atoms with Gasteiger partial charge in [0.2, 0.25) is 0 Å². The van der Waals surface area contributed by atoms with Crippen LogP contribution in [-0.4, -0.2) is 30.7 Å². The van der Waals surface area contributed by atoms with Crippen molar-refractivity contribution < 1.29 is 0 Å². The van der Waals surface area contributed by atoms with Crippen LogP contribution >= 0.6 is 47.0 Å². The molecule has 0 saturated heterocycles. The van der Waals surface area contributed by atoms with Gasteiger partial charge in [-0.15, -0.1) is 47.0 Å². The first-order chi connectivity index (χ1) is 18.6. The van der Waals surface area contributed by atoms with Crippen molar-refractivity contribution in [1.29, 1.82) is 0 Å². The van der Waals surface area contributed by atoms with E-state index in [0.717, 1.165) is 0 Å². The highest BCUT2D eigenvalue weighted by atomic mass is 32.2. The Morgan fingerprint density at radius 3 is 0.769 bits per heavy atom. The lowest BCUT2D eigenvalue weighted by Gasteiger charge is -2.53. The van der Waals surface area contributed by atoms with Gasteiger partial charge in [0.1, 0.15) is 0 Å². The predicted octanol–water partition coefficient (Wildman–Crippen LogP) is 11.2. The van der Waals surface area contributed by atoms with E-state index in [0.29, 0.717) is 8.41 Å². The topological polar surface area (TPSA) is 0 Å². The molecule has 0 bridgehead atoms. The molecule has 0 N–H and O–H groups in total. The Morgan fingerprint density at radius 2 is 0.564 bits per heavy atom. The molecular formula is C32H40S4Si3.